The van der Waals surface area contributed by atoms with E-state index in [0.717, 1.165) is 24.8 Å². The molecule has 0 saturated carbocycles. The molecule has 0 amide bonds. The van der Waals surface area contributed by atoms with Crippen molar-refractivity contribution >= 4 is 10.1 Å². The van der Waals surface area contributed by atoms with Gasteiger partial charge in [0.05, 0.1) is 18.1 Å². The Morgan fingerprint density at radius 1 is 1.20 bits per heavy atom. The van der Waals surface area contributed by atoms with Gasteiger partial charge >= 0.3 is 0 Å². The largest absolute Gasteiger partial charge is 0.353 e. The Hall–Kier alpha value is -0.950. The molecule has 0 aromatic heterocycles. The highest BCUT2D eigenvalue weighted by Gasteiger charge is 2.16. The molecule has 112 valence electrons. The molecule has 1 saturated heterocycles. The van der Waals surface area contributed by atoms with Crippen LogP contribution in [-0.4, -0.2) is 34.5 Å². The van der Waals surface area contributed by atoms with Crippen LogP contribution in [0.3, 0.4) is 0 Å². The Labute approximate surface area is 120 Å². The smallest absolute Gasteiger partial charge is 0.297 e. The van der Waals surface area contributed by atoms with Gasteiger partial charge in [0.2, 0.25) is 0 Å². The van der Waals surface area contributed by atoms with E-state index in [1.165, 1.54) is 12.1 Å². The van der Waals surface area contributed by atoms with Crippen molar-refractivity contribution in [3.8, 4) is 0 Å². The Morgan fingerprint density at radius 2 is 1.95 bits per heavy atom. The summed E-state index contributed by atoms with van der Waals surface area (Å²) in [7, 11) is -3.70. The van der Waals surface area contributed by atoms with Crippen molar-refractivity contribution in [1.29, 1.82) is 0 Å². The summed E-state index contributed by atoms with van der Waals surface area (Å²) in [5.74, 6) is 0. The molecule has 20 heavy (non-hydrogen) atoms. The summed E-state index contributed by atoms with van der Waals surface area (Å²) in [6.07, 6.45) is 2.75. The summed E-state index contributed by atoms with van der Waals surface area (Å²) in [6, 6.07) is 6.55. The number of aryl methyl sites for hydroxylation is 1. The third-order valence-corrected chi connectivity index (χ3v) is 4.40. The van der Waals surface area contributed by atoms with Crippen molar-refractivity contribution in [2.45, 2.75) is 37.4 Å². The van der Waals surface area contributed by atoms with Crippen LogP contribution in [0.15, 0.2) is 29.2 Å². The maximum absolute atomic E-state index is 11.9. The van der Waals surface area contributed by atoms with Crippen molar-refractivity contribution in [3.63, 3.8) is 0 Å². The molecule has 0 radical (unpaired) electrons. The maximum atomic E-state index is 11.9. The number of rotatable bonds is 6. The van der Waals surface area contributed by atoms with Crippen LogP contribution >= 0.6 is 0 Å². The van der Waals surface area contributed by atoms with Gasteiger partial charge in [-0.2, -0.15) is 8.42 Å². The van der Waals surface area contributed by atoms with Gasteiger partial charge in [-0.15, -0.1) is 0 Å². The van der Waals surface area contributed by atoms with Crippen LogP contribution in [0.4, 0.5) is 0 Å². The van der Waals surface area contributed by atoms with Crippen LogP contribution in [-0.2, 0) is 23.8 Å². The standard InChI is InChI=1S/C14H20O5S/c1-12-5-7-13(8-6-12)20(15,16)19-11-10-18-14-4-2-3-9-17-14/h5-8,14H,2-4,9-11H2,1H3. The number of hydrogen-bond acceptors (Lipinski definition) is 5. The van der Waals surface area contributed by atoms with Crippen molar-refractivity contribution in [3.05, 3.63) is 29.8 Å². The lowest BCUT2D eigenvalue weighted by atomic mass is 10.2. The fourth-order valence-electron chi connectivity index (χ4n) is 1.94. The van der Waals surface area contributed by atoms with Gasteiger partial charge in [-0.1, -0.05) is 17.7 Å². The molecule has 1 unspecified atom stereocenters. The maximum Gasteiger partial charge on any atom is 0.297 e. The molecular formula is C14H20O5S. The SMILES string of the molecule is Cc1ccc(S(=O)(=O)OCCOC2CCCCO2)cc1. The zero-order chi connectivity index (χ0) is 14.4. The van der Waals surface area contributed by atoms with Crippen LogP contribution in [0.2, 0.25) is 0 Å². The van der Waals surface area contributed by atoms with Gasteiger partial charge < -0.3 is 9.47 Å². The topological polar surface area (TPSA) is 61.8 Å². The Morgan fingerprint density at radius 3 is 2.60 bits per heavy atom. The first kappa shape index (κ1) is 15.4. The lowest BCUT2D eigenvalue weighted by Crippen LogP contribution is -2.24. The average Bonchev–Trinajstić information content (AvgIpc) is 2.45. The summed E-state index contributed by atoms with van der Waals surface area (Å²) in [5.41, 5.74) is 1.00. The second-order valence-corrected chi connectivity index (χ2v) is 6.37. The number of benzene rings is 1. The minimum Gasteiger partial charge on any atom is -0.353 e. The van der Waals surface area contributed by atoms with Gasteiger partial charge in [-0.05, 0) is 38.3 Å². The third-order valence-electron chi connectivity index (χ3n) is 3.07. The predicted octanol–water partition coefficient (Wildman–Crippen LogP) is 2.24. The minimum atomic E-state index is -3.70. The molecule has 0 spiro atoms. The van der Waals surface area contributed by atoms with E-state index in [-0.39, 0.29) is 24.4 Å². The molecular weight excluding hydrogens is 280 g/mol. The summed E-state index contributed by atoms with van der Waals surface area (Å²) >= 11 is 0. The van der Waals surface area contributed by atoms with Crippen molar-refractivity contribution < 1.29 is 22.1 Å². The van der Waals surface area contributed by atoms with Gasteiger partial charge in [0.1, 0.15) is 0 Å². The fraction of sp³-hybridized carbons (Fsp3) is 0.571. The van der Waals surface area contributed by atoms with Crippen LogP contribution in [0.25, 0.3) is 0 Å². The van der Waals surface area contributed by atoms with Gasteiger partial charge in [-0.25, -0.2) is 0 Å². The average molecular weight is 300 g/mol. The van der Waals surface area contributed by atoms with E-state index in [4.69, 9.17) is 13.7 Å². The Bertz CT molecular complexity index is 503. The van der Waals surface area contributed by atoms with E-state index in [9.17, 15) is 8.42 Å². The molecule has 0 bridgehead atoms. The minimum absolute atomic E-state index is 0.00390. The molecule has 2 rings (SSSR count). The zero-order valence-electron chi connectivity index (χ0n) is 11.6. The van der Waals surface area contributed by atoms with Gasteiger partial charge in [0.15, 0.2) is 6.29 Å². The fourth-order valence-corrected chi connectivity index (χ4v) is 2.83. The van der Waals surface area contributed by atoms with E-state index in [1.807, 2.05) is 6.92 Å². The van der Waals surface area contributed by atoms with Gasteiger partial charge in [0, 0.05) is 6.61 Å². The van der Waals surface area contributed by atoms with Crippen molar-refractivity contribution in [2.75, 3.05) is 19.8 Å². The van der Waals surface area contributed by atoms with E-state index in [2.05, 4.69) is 0 Å². The first-order valence-electron chi connectivity index (χ1n) is 6.77. The number of ether oxygens (including phenoxy) is 2. The highest BCUT2D eigenvalue weighted by molar-refractivity contribution is 7.86. The highest BCUT2D eigenvalue weighted by Crippen LogP contribution is 2.15. The van der Waals surface area contributed by atoms with E-state index >= 15 is 0 Å². The number of hydrogen-bond donors (Lipinski definition) is 0. The highest BCUT2D eigenvalue weighted by atomic mass is 32.2. The molecule has 0 N–H and O–H groups in total. The quantitative estimate of drug-likeness (QED) is 0.595. The summed E-state index contributed by atoms with van der Waals surface area (Å²) in [5, 5.41) is 0. The lowest BCUT2D eigenvalue weighted by Gasteiger charge is -2.22. The molecule has 1 atom stereocenters. The first-order valence-corrected chi connectivity index (χ1v) is 8.18. The monoisotopic (exact) mass is 300 g/mol. The van der Waals surface area contributed by atoms with Crippen LogP contribution in [0, 0.1) is 6.92 Å². The van der Waals surface area contributed by atoms with Crippen LogP contribution in [0.1, 0.15) is 24.8 Å². The van der Waals surface area contributed by atoms with Gasteiger partial charge in [0.25, 0.3) is 10.1 Å². The van der Waals surface area contributed by atoms with E-state index in [1.54, 1.807) is 12.1 Å². The predicted molar refractivity (Wildman–Crippen MR) is 73.9 cm³/mol. The van der Waals surface area contributed by atoms with E-state index < -0.39 is 10.1 Å². The molecule has 1 aromatic rings. The summed E-state index contributed by atoms with van der Waals surface area (Å²) in [4.78, 5) is 0.164. The molecule has 0 aliphatic carbocycles. The lowest BCUT2D eigenvalue weighted by molar-refractivity contribution is -0.165. The molecule has 1 fully saturated rings. The Balaban J connectivity index is 1.76. The molecule has 1 aromatic carbocycles. The molecule has 1 heterocycles. The molecule has 1 aliphatic heterocycles. The van der Waals surface area contributed by atoms with Crippen molar-refractivity contribution in [2.24, 2.45) is 0 Å². The second kappa shape index (κ2) is 7.17. The summed E-state index contributed by atoms with van der Waals surface area (Å²) < 4.78 is 39.5. The zero-order valence-corrected chi connectivity index (χ0v) is 12.4. The Kier molecular flexibility index (Phi) is 5.54. The molecule has 1 aliphatic rings. The first-order chi connectivity index (χ1) is 9.58. The summed E-state index contributed by atoms with van der Waals surface area (Å²) in [6.45, 7) is 2.80. The van der Waals surface area contributed by atoms with Crippen molar-refractivity contribution in [1.82, 2.24) is 0 Å². The molecule has 5 nitrogen and oxygen atoms in total. The third kappa shape index (κ3) is 4.56. The van der Waals surface area contributed by atoms with Crippen LogP contribution < -0.4 is 0 Å². The van der Waals surface area contributed by atoms with E-state index in [0.29, 0.717) is 6.61 Å². The van der Waals surface area contributed by atoms with Crippen LogP contribution in [0.5, 0.6) is 0 Å². The van der Waals surface area contributed by atoms with Gasteiger partial charge in [-0.3, -0.25) is 4.18 Å². The second-order valence-electron chi connectivity index (χ2n) is 4.76. The normalized spacial score (nSPS) is 19.9. The molecule has 6 heteroatoms.